The fraction of sp³-hybridized carbons (Fsp3) is 0.174. The highest BCUT2D eigenvalue weighted by atomic mass is 79.9. The van der Waals surface area contributed by atoms with Crippen LogP contribution in [-0.2, 0) is 6.54 Å². The van der Waals surface area contributed by atoms with Gasteiger partial charge in [-0.25, -0.2) is 0 Å². The van der Waals surface area contributed by atoms with Gasteiger partial charge in [0.15, 0.2) is 0 Å². The van der Waals surface area contributed by atoms with Crippen molar-refractivity contribution in [3.05, 3.63) is 80.3 Å². The maximum atomic E-state index is 11.3. The van der Waals surface area contributed by atoms with E-state index in [4.69, 9.17) is 0 Å². The SMILES string of the molecule is [O-]CC[n+]1c(/C=C/C=C2\C=CN(CCO)c3cc(Br)ccc32)sc2ccc(Br)cc21. The Hall–Kier alpha value is -1.77. The Kier molecular flexibility index (Phi) is 6.85. The van der Waals surface area contributed by atoms with E-state index in [0.29, 0.717) is 13.1 Å². The summed E-state index contributed by atoms with van der Waals surface area (Å²) < 4.78 is 5.25. The first kappa shape index (κ1) is 21.5. The molecule has 0 aliphatic carbocycles. The Morgan fingerprint density at radius 2 is 1.93 bits per heavy atom. The molecule has 0 atom stereocenters. The van der Waals surface area contributed by atoms with Gasteiger partial charge in [-0.05, 0) is 35.9 Å². The lowest BCUT2D eigenvalue weighted by Gasteiger charge is -2.27. The molecule has 1 N–H and O–H groups in total. The summed E-state index contributed by atoms with van der Waals surface area (Å²) in [6, 6.07) is 12.3. The molecule has 3 aromatic rings. The summed E-state index contributed by atoms with van der Waals surface area (Å²) >= 11 is 8.74. The van der Waals surface area contributed by atoms with Crippen LogP contribution in [-0.4, -0.2) is 24.9 Å². The van der Waals surface area contributed by atoms with Crippen molar-refractivity contribution in [3.63, 3.8) is 0 Å². The average molecular weight is 548 g/mol. The number of fused-ring (bicyclic) bond motifs is 2. The van der Waals surface area contributed by atoms with E-state index in [9.17, 15) is 10.2 Å². The fourth-order valence-electron chi connectivity index (χ4n) is 3.53. The number of aliphatic hydroxyl groups excluding tert-OH is 1. The van der Waals surface area contributed by atoms with Crippen molar-refractivity contribution in [1.82, 2.24) is 0 Å². The summed E-state index contributed by atoms with van der Waals surface area (Å²) in [5, 5.41) is 21.8. The number of hydrogen-bond donors (Lipinski definition) is 1. The number of allylic oxidation sites excluding steroid dienone is 4. The zero-order valence-corrected chi connectivity index (χ0v) is 20.1. The summed E-state index contributed by atoms with van der Waals surface area (Å²) in [5.74, 6) is 0. The molecule has 0 saturated heterocycles. The molecule has 4 nitrogen and oxygen atoms in total. The molecule has 0 fully saturated rings. The van der Waals surface area contributed by atoms with Gasteiger partial charge in [-0.1, -0.05) is 68.0 Å². The molecular formula is C23H20Br2N2O2S. The molecule has 2 heterocycles. The van der Waals surface area contributed by atoms with Crippen LogP contribution in [0.15, 0.2) is 69.8 Å². The highest BCUT2D eigenvalue weighted by molar-refractivity contribution is 9.10. The van der Waals surface area contributed by atoms with Crippen LogP contribution in [0.4, 0.5) is 5.69 Å². The van der Waals surface area contributed by atoms with E-state index in [-0.39, 0.29) is 13.2 Å². The van der Waals surface area contributed by atoms with Crippen molar-refractivity contribution >= 4 is 70.7 Å². The predicted molar refractivity (Wildman–Crippen MR) is 129 cm³/mol. The number of halogens is 2. The van der Waals surface area contributed by atoms with Crippen LogP contribution in [0.5, 0.6) is 0 Å². The van der Waals surface area contributed by atoms with E-state index in [0.717, 1.165) is 41.0 Å². The van der Waals surface area contributed by atoms with Crippen molar-refractivity contribution in [3.8, 4) is 0 Å². The van der Waals surface area contributed by atoms with Crippen LogP contribution in [0, 0.1) is 0 Å². The summed E-state index contributed by atoms with van der Waals surface area (Å²) in [5.41, 5.74) is 4.35. The number of aliphatic hydroxyl groups is 1. The molecule has 1 aliphatic rings. The standard InChI is InChI=1S/C23H20Br2N2O2S/c24-17-4-6-19-16(8-9-26(10-12-28)20(19)14-17)2-1-3-23-27(11-13-29)21-15-18(25)5-7-22(21)30-23/h1-9,14-15,28H,10-13H2. The quantitative estimate of drug-likeness (QED) is 0.462. The molecule has 0 saturated carbocycles. The first-order valence-electron chi connectivity index (χ1n) is 9.54. The molecule has 1 aliphatic heterocycles. The number of anilines is 1. The topological polar surface area (TPSA) is 50.4 Å². The van der Waals surface area contributed by atoms with E-state index in [1.54, 1.807) is 11.3 Å². The molecule has 154 valence electrons. The Bertz CT molecular complexity index is 1170. The van der Waals surface area contributed by atoms with Crippen molar-refractivity contribution in [2.24, 2.45) is 0 Å². The highest BCUT2D eigenvalue weighted by Crippen LogP contribution is 2.35. The minimum absolute atomic E-state index is 0.0943. The monoisotopic (exact) mass is 546 g/mol. The van der Waals surface area contributed by atoms with Crippen LogP contribution < -0.4 is 14.6 Å². The van der Waals surface area contributed by atoms with E-state index in [1.807, 2.05) is 29.3 Å². The van der Waals surface area contributed by atoms with Crippen molar-refractivity contribution in [2.45, 2.75) is 6.54 Å². The predicted octanol–water partition coefficient (Wildman–Crippen LogP) is 4.50. The summed E-state index contributed by atoms with van der Waals surface area (Å²) in [6.45, 7) is 0.933. The number of rotatable bonds is 6. The third-order valence-corrected chi connectivity index (χ3v) is 6.99. The van der Waals surface area contributed by atoms with Crippen molar-refractivity contribution < 1.29 is 14.8 Å². The molecule has 0 spiro atoms. The first-order chi connectivity index (χ1) is 14.6. The smallest absolute Gasteiger partial charge is 0.262 e. The molecule has 0 radical (unpaired) electrons. The Morgan fingerprint density at radius 1 is 1.13 bits per heavy atom. The third-order valence-electron chi connectivity index (χ3n) is 4.88. The second kappa shape index (κ2) is 9.58. The summed E-state index contributed by atoms with van der Waals surface area (Å²) in [7, 11) is 0. The largest absolute Gasteiger partial charge is 0.850 e. The van der Waals surface area contributed by atoms with Gasteiger partial charge in [0.2, 0.25) is 5.52 Å². The lowest BCUT2D eigenvalue weighted by Crippen LogP contribution is -2.39. The average Bonchev–Trinajstić information content (AvgIpc) is 3.06. The molecule has 7 heteroatoms. The maximum absolute atomic E-state index is 11.3. The molecule has 2 aromatic carbocycles. The van der Waals surface area contributed by atoms with Gasteiger partial charge in [0.05, 0.1) is 6.61 Å². The molecule has 0 unspecified atom stereocenters. The number of thiazole rings is 1. The lowest BCUT2D eigenvalue weighted by molar-refractivity contribution is -0.685. The van der Waals surface area contributed by atoms with Crippen LogP contribution in [0.2, 0.25) is 0 Å². The number of benzene rings is 2. The van der Waals surface area contributed by atoms with Crippen LogP contribution in [0.25, 0.3) is 21.9 Å². The van der Waals surface area contributed by atoms with Gasteiger partial charge in [-0.15, -0.1) is 0 Å². The normalized spacial score (nSPS) is 14.9. The molecular weight excluding hydrogens is 528 g/mol. The Balaban J connectivity index is 1.69. The Morgan fingerprint density at radius 3 is 2.73 bits per heavy atom. The van der Waals surface area contributed by atoms with Gasteiger partial charge in [0, 0.05) is 45.1 Å². The number of aromatic nitrogens is 1. The van der Waals surface area contributed by atoms with Gasteiger partial charge < -0.3 is 15.1 Å². The summed E-state index contributed by atoms with van der Waals surface area (Å²) in [4.78, 5) is 2.05. The van der Waals surface area contributed by atoms with Crippen molar-refractivity contribution in [2.75, 3.05) is 24.7 Å². The molecule has 0 bridgehead atoms. The van der Waals surface area contributed by atoms with E-state index in [2.05, 4.69) is 78.9 Å². The third kappa shape index (κ3) is 4.45. The fourth-order valence-corrected chi connectivity index (χ4v) is 5.31. The number of hydrogen-bond acceptors (Lipinski definition) is 4. The van der Waals surface area contributed by atoms with Crippen molar-refractivity contribution in [1.29, 1.82) is 0 Å². The van der Waals surface area contributed by atoms with Crippen LogP contribution >= 0.6 is 43.2 Å². The summed E-state index contributed by atoms with van der Waals surface area (Å²) in [6.07, 6.45) is 10.2. The van der Waals surface area contributed by atoms with Gasteiger partial charge in [-0.3, -0.25) is 0 Å². The zero-order chi connectivity index (χ0) is 21.1. The van der Waals surface area contributed by atoms with E-state index in [1.165, 1.54) is 0 Å². The molecule has 1 aromatic heterocycles. The lowest BCUT2D eigenvalue weighted by atomic mass is 9.99. The number of β-amino-alcohol motifs (C(OH)–C–C–N with tert-alkyl or cyclic N) is 1. The minimum Gasteiger partial charge on any atom is -0.850 e. The van der Waals surface area contributed by atoms with Gasteiger partial charge in [0.25, 0.3) is 5.01 Å². The second-order valence-electron chi connectivity index (χ2n) is 6.78. The first-order valence-corrected chi connectivity index (χ1v) is 11.9. The van der Waals surface area contributed by atoms with E-state index < -0.39 is 0 Å². The molecule has 4 rings (SSSR count). The Labute approximate surface area is 196 Å². The second-order valence-corrected chi connectivity index (χ2v) is 9.68. The van der Waals surface area contributed by atoms with E-state index >= 15 is 0 Å². The van der Waals surface area contributed by atoms with Crippen LogP contribution in [0.1, 0.15) is 10.6 Å². The van der Waals surface area contributed by atoms with Gasteiger partial charge in [0.1, 0.15) is 11.2 Å². The van der Waals surface area contributed by atoms with Crippen LogP contribution in [0.3, 0.4) is 0 Å². The molecule has 30 heavy (non-hydrogen) atoms. The van der Waals surface area contributed by atoms with Gasteiger partial charge in [-0.2, -0.15) is 4.57 Å². The maximum Gasteiger partial charge on any atom is 0.262 e. The minimum atomic E-state index is -0.156. The molecule has 0 amide bonds. The van der Waals surface area contributed by atoms with Gasteiger partial charge >= 0.3 is 0 Å². The highest BCUT2D eigenvalue weighted by Gasteiger charge is 2.18. The zero-order valence-electron chi connectivity index (χ0n) is 16.1. The number of nitrogens with zero attached hydrogens (tertiary/aromatic N) is 2.